The zero-order valence-electron chi connectivity index (χ0n) is 20.6. The Kier molecular flexibility index (Phi) is 7.29. The maximum atomic E-state index is 4.42. The predicted octanol–water partition coefficient (Wildman–Crippen LogP) is 3.47. The molecular weight excluding hydrogens is 406 g/mol. The molecule has 0 bridgehead atoms. The zero-order chi connectivity index (χ0) is 22.6. The van der Waals surface area contributed by atoms with Gasteiger partial charge >= 0.3 is 0 Å². The van der Waals surface area contributed by atoms with Crippen molar-refractivity contribution in [3.8, 4) is 0 Å². The van der Waals surface area contributed by atoms with E-state index >= 15 is 0 Å². The number of hydrogen-bond acceptors (Lipinski definition) is 5. The molecule has 6 rings (SSSR count). The minimum Gasteiger partial charge on any atom is -0.368 e. The summed E-state index contributed by atoms with van der Waals surface area (Å²) < 4.78 is 0. The maximum Gasteiger partial charge on any atom is 0.0435 e. The van der Waals surface area contributed by atoms with E-state index in [1.54, 1.807) is 5.56 Å². The van der Waals surface area contributed by atoms with Gasteiger partial charge in [-0.15, -0.1) is 0 Å². The van der Waals surface area contributed by atoms with E-state index in [9.17, 15) is 0 Å². The van der Waals surface area contributed by atoms with Gasteiger partial charge in [-0.3, -0.25) is 9.88 Å². The van der Waals surface area contributed by atoms with Crippen LogP contribution in [0.4, 0.5) is 5.69 Å². The lowest BCUT2D eigenvalue weighted by Crippen LogP contribution is -2.51. The highest BCUT2D eigenvalue weighted by Gasteiger charge is 2.32. The van der Waals surface area contributed by atoms with E-state index in [0.29, 0.717) is 6.04 Å². The van der Waals surface area contributed by atoms with E-state index in [4.69, 9.17) is 0 Å². The first kappa shape index (κ1) is 22.8. The number of piperazine rings is 1. The molecule has 0 spiro atoms. The number of nitrogens with one attached hydrogen (secondary N) is 2. The number of pyridine rings is 1. The summed E-state index contributed by atoms with van der Waals surface area (Å²) in [5.41, 5.74) is 8.71. The second kappa shape index (κ2) is 10.5. The average Bonchev–Trinajstić information content (AvgIpc) is 3.32. The van der Waals surface area contributed by atoms with Crippen LogP contribution in [0.15, 0.2) is 30.5 Å². The summed E-state index contributed by atoms with van der Waals surface area (Å²) in [5, 5.41) is 6.97. The van der Waals surface area contributed by atoms with Gasteiger partial charge in [0.05, 0.1) is 0 Å². The molecule has 2 fully saturated rings. The third kappa shape index (κ3) is 5.26. The molecule has 0 saturated carbocycles. The van der Waals surface area contributed by atoms with E-state index in [2.05, 4.69) is 56.6 Å². The van der Waals surface area contributed by atoms with Crippen LogP contribution in [-0.2, 0) is 25.8 Å². The summed E-state index contributed by atoms with van der Waals surface area (Å²) in [6.07, 6.45) is 11.0. The van der Waals surface area contributed by atoms with Gasteiger partial charge in [0.25, 0.3) is 0 Å². The van der Waals surface area contributed by atoms with Crippen LogP contribution in [0.1, 0.15) is 53.6 Å². The fraction of sp³-hybridized carbons (Fsp3) is 0.607. The Morgan fingerprint density at radius 1 is 1.09 bits per heavy atom. The van der Waals surface area contributed by atoms with Crippen molar-refractivity contribution < 1.29 is 0 Å². The number of fused-ring (bicyclic) bond motifs is 3. The van der Waals surface area contributed by atoms with Gasteiger partial charge in [-0.1, -0.05) is 18.2 Å². The fourth-order valence-corrected chi connectivity index (χ4v) is 6.20. The molecule has 0 radical (unpaired) electrons. The molecule has 1 aromatic carbocycles. The smallest absolute Gasteiger partial charge is 0.0435 e. The van der Waals surface area contributed by atoms with Crippen LogP contribution in [0.2, 0.25) is 0 Å². The fourth-order valence-electron chi connectivity index (χ4n) is 6.20. The third-order valence-corrected chi connectivity index (χ3v) is 7.96. The Hall–Kier alpha value is -1.95. The number of likely N-dealkylation sites (N-methyl/N-ethyl adjacent to an activating group) is 1. The molecule has 2 aromatic rings. The third-order valence-electron chi connectivity index (χ3n) is 7.96. The summed E-state index contributed by atoms with van der Waals surface area (Å²) in [6, 6.07) is 10.5. The van der Waals surface area contributed by atoms with Gasteiger partial charge in [0.15, 0.2) is 0 Å². The van der Waals surface area contributed by atoms with Crippen molar-refractivity contribution in [1.29, 1.82) is 0 Å². The van der Waals surface area contributed by atoms with Crippen molar-refractivity contribution in [3.05, 3.63) is 58.4 Å². The molecule has 2 unspecified atom stereocenters. The van der Waals surface area contributed by atoms with Crippen LogP contribution in [-0.4, -0.2) is 61.7 Å². The summed E-state index contributed by atoms with van der Waals surface area (Å²) >= 11 is 0. The van der Waals surface area contributed by atoms with E-state index < -0.39 is 0 Å². The van der Waals surface area contributed by atoms with Crippen LogP contribution in [0, 0.1) is 6.92 Å². The van der Waals surface area contributed by atoms with Gasteiger partial charge in [-0.05, 0) is 93.8 Å². The zero-order valence-corrected chi connectivity index (χ0v) is 20.6. The first-order chi connectivity index (χ1) is 16.2. The average molecular weight is 448 g/mol. The van der Waals surface area contributed by atoms with Gasteiger partial charge in [-0.25, -0.2) is 0 Å². The van der Waals surface area contributed by atoms with Crippen LogP contribution < -0.4 is 15.5 Å². The Balaban J connectivity index is 0.000000174. The minimum atomic E-state index is 0.561. The van der Waals surface area contributed by atoms with Gasteiger partial charge in [0, 0.05) is 62.4 Å². The predicted molar refractivity (Wildman–Crippen MR) is 137 cm³/mol. The summed E-state index contributed by atoms with van der Waals surface area (Å²) in [4.78, 5) is 9.77. The van der Waals surface area contributed by atoms with Crippen LogP contribution in [0.25, 0.3) is 0 Å². The normalized spacial score (nSPS) is 24.4. The lowest BCUT2D eigenvalue weighted by molar-refractivity contribution is 0.230. The topological polar surface area (TPSA) is 43.4 Å². The molecule has 178 valence electrons. The summed E-state index contributed by atoms with van der Waals surface area (Å²) in [5.74, 6) is 0. The molecule has 1 aliphatic carbocycles. The highest BCUT2D eigenvalue weighted by Crippen LogP contribution is 2.31. The SMILES string of the molecule is CNCC1Cc2c(cccc2N2CCN3CCCC3C2)CN1.Cc1cnc2c(c1)CCCC2. The number of aromatic nitrogens is 1. The largest absolute Gasteiger partial charge is 0.368 e. The Labute approximate surface area is 200 Å². The maximum absolute atomic E-state index is 4.42. The van der Waals surface area contributed by atoms with Crippen molar-refractivity contribution >= 4 is 5.69 Å². The van der Waals surface area contributed by atoms with Gasteiger partial charge in [0.1, 0.15) is 0 Å². The number of benzene rings is 1. The Morgan fingerprint density at radius 2 is 2.00 bits per heavy atom. The van der Waals surface area contributed by atoms with Gasteiger partial charge in [0.2, 0.25) is 0 Å². The molecule has 3 aliphatic heterocycles. The summed E-state index contributed by atoms with van der Waals surface area (Å²) in [7, 11) is 2.04. The van der Waals surface area contributed by atoms with Gasteiger partial charge in [-0.2, -0.15) is 0 Å². The van der Waals surface area contributed by atoms with E-state index in [-0.39, 0.29) is 0 Å². The van der Waals surface area contributed by atoms with Crippen LogP contribution >= 0.6 is 0 Å². The number of rotatable bonds is 3. The Bertz CT molecular complexity index is 942. The molecular formula is C28H41N5. The number of nitrogens with zero attached hydrogens (tertiary/aromatic N) is 3. The van der Waals surface area contributed by atoms with Crippen molar-refractivity contribution in [1.82, 2.24) is 20.5 Å². The van der Waals surface area contributed by atoms with Crippen molar-refractivity contribution in [2.75, 3.05) is 44.7 Å². The van der Waals surface area contributed by atoms with Crippen molar-refractivity contribution in [3.63, 3.8) is 0 Å². The molecule has 2 saturated heterocycles. The number of aryl methyl sites for hydroxylation is 3. The number of anilines is 1. The molecule has 5 nitrogen and oxygen atoms in total. The standard InChI is InChI=1S/C18H28N4.C10H13N/c1-19-12-15-10-17-14(11-20-15)4-2-6-18(17)22-9-8-21-7-3-5-16(21)13-22;1-8-6-9-4-2-3-5-10(9)11-7-8/h2,4,6,15-16,19-20H,3,5,7-13H2,1H3;6-7H,2-5H2,1H3. The van der Waals surface area contributed by atoms with Crippen molar-refractivity contribution in [2.45, 2.75) is 70.5 Å². The molecule has 33 heavy (non-hydrogen) atoms. The highest BCUT2D eigenvalue weighted by molar-refractivity contribution is 5.58. The summed E-state index contributed by atoms with van der Waals surface area (Å²) in [6.45, 7) is 9.15. The van der Waals surface area contributed by atoms with E-state index in [0.717, 1.165) is 25.6 Å². The first-order valence-corrected chi connectivity index (χ1v) is 13.1. The molecule has 2 N–H and O–H groups in total. The Morgan fingerprint density at radius 3 is 2.91 bits per heavy atom. The van der Waals surface area contributed by atoms with Crippen LogP contribution in [0.3, 0.4) is 0 Å². The van der Waals surface area contributed by atoms with E-state index in [1.807, 2.05) is 13.2 Å². The molecule has 2 atom stereocenters. The first-order valence-electron chi connectivity index (χ1n) is 13.1. The lowest BCUT2D eigenvalue weighted by Gasteiger charge is -2.41. The second-order valence-corrected chi connectivity index (χ2v) is 10.4. The van der Waals surface area contributed by atoms with Gasteiger partial charge < -0.3 is 15.5 Å². The van der Waals surface area contributed by atoms with E-state index in [1.165, 1.54) is 92.8 Å². The number of hydrogen-bond donors (Lipinski definition) is 2. The highest BCUT2D eigenvalue weighted by atomic mass is 15.3. The monoisotopic (exact) mass is 447 g/mol. The molecule has 0 amide bonds. The second-order valence-electron chi connectivity index (χ2n) is 10.4. The molecule has 5 heteroatoms. The van der Waals surface area contributed by atoms with Crippen LogP contribution in [0.5, 0.6) is 0 Å². The molecule has 1 aromatic heterocycles. The quantitative estimate of drug-likeness (QED) is 0.754. The lowest BCUT2D eigenvalue weighted by atomic mass is 9.93. The van der Waals surface area contributed by atoms with Crippen molar-refractivity contribution in [2.24, 2.45) is 0 Å². The molecule has 4 heterocycles. The minimum absolute atomic E-state index is 0.561. The molecule has 4 aliphatic rings.